The van der Waals surface area contributed by atoms with Crippen LogP contribution < -0.4 is 0 Å². The molecule has 0 bridgehead atoms. The van der Waals surface area contributed by atoms with Gasteiger partial charge < -0.3 is 0 Å². The van der Waals surface area contributed by atoms with Crippen molar-refractivity contribution in [2.75, 3.05) is 0 Å². The van der Waals surface area contributed by atoms with E-state index in [2.05, 4.69) is 15.6 Å². The predicted octanol–water partition coefficient (Wildman–Crippen LogP) is 0.511. The molecule has 5 heavy (non-hydrogen) atoms. The van der Waals surface area contributed by atoms with Gasteiger partial charge in [0.2, 0.25) is 0 Å². The van der Waals surface area contributed by atoms with Crippen molar-refractivity contribution in [3.05, 3.63) is 0 Å². The molecule has 0 atom stereocenters. The van der Waals surface area contributed by atoms with Crippen molar-refractivity contribution < 1.29 is 0 Å². The minimum absolute atomic E-state index is 1.35. The van der Waals surface area contributed by atoms with Crippen LogP contribution in [0.2, 0.25) is 0 Å². The molecule has 1 saturated carbocycles. The van der Waals surface area contributed by atoms with E-state index in [-0.39, 0.29) is 0 Å². The van der Waals surface area contributed by atoms with E-state index in [1.54, 1.807) is 4.42 Å². The standard InChI is InChI=1S/C4H6Se/c5-4-2-1-3-4/h1-3H2. The summed E-state index contributed by atoms with van der Waals surface area (Å²) in [6.45, 7) is 0. The van der Waals surface area contributed by atoms with Crippen molar-refractivity contribution in [1.29, 1.82) is 0 Å². The number of hydrogen-bond donors (Lipinski definition) is 0. The Kier molecular flexibility index (Phi) is 0.883. The molecule has 0 heterocycles. The Morgan fingerprint density at radius 1 is 1.40 bits per heavy atom. The molecule has 0 aromatic carbocycles. The molecule has 1 heteroatoms. The molecule has 0 aromatic rings. The van der Waals surface area contributed by atoms with Gasteiger partial charge in [0, 0.05) is 0 Å². The van der Waals surface area contributed by atoms with Crippen LogP contribution in [-0.2, 0) is 0 Å². The summed E-state index contributed by atoms with van der Waals surface area (Å²) >= 11 is 2.99. The molecule has 0 saturated heterocycles. The zero-order valence-corrected chi connectivity index (χ0v) is 4.74. The summed E-state index contributed by atoms with van der Waals surface area (Å²) in [5.41, 5.74) is 0. The first kappa shape index (κ1) is 3.58. The fourth-order valence-electron chi connectivity index (χ4n) is 0.321. The monoisotopic (exact) mass is 134 g/mol. The van der Waals surface area contributed by atoms with E-state index >= 15 is 0 Å². The minimum atomic E-state index is 1.35. The molecule has 0 aliphatic heterocycles. The first-order valence-electron chi connectivity index (χ1n) is 1.91. The zero-order chi connectivity index (χ0) is 3.70. The maximum absolute atomic E-state index is 2.99. The van der Waals surface area contributed by atoms with E-state index in [1.807, 2.05) is 0 Å². The van der Waals surface area contributed by atoms with Crippen LogP contribution in [0.3, 0.4) is 0 Å². The molecule has 1 aliphatic rings. The molecule has 1 aliphatic carbocycles. The summed E-state index contributed by atoms with van der Waals surface area (Å²) < 4.78 is 1.56. The molecule has 28 valence electrons. The van der Waals surface area contributed by atoms with Crippen LogP contribution in [0.4, 0.5) is 0 Å². The Hall–Kier alpha value is 0.389. The van der Waals surface area contributed by atoms with Crippen LogP contribution in [0.25, 0.3) is 0 Å². The van der Waals surface area contributed by atoms with Gasteiger partial charge in [-0.3, -0.25) is 0 Å². The SMILES string of the molecule is [Se]=C1CCC1. The van der Waals surface area contributed by atoms with Gasteiger partial charge in [-0.05, 0) is 0 Å². The number of rotatable bonds is 0. The molecule has 0 spiro atoms. The third kappa shape index (κ3) is 0.614. The van der Waals surface area contributed by atoms with Gasteiger partial charge in [0.25, 0.3) is 0 Å². The van der Waals surface area contributed by atoms with Crippen molar-refractivity contribution in [1.82, 2.24) is 0 Å². The van der Waals surface area contributed by atoms with Crippen molar-refractivity contribution in [2.24, 2.45) is 0 Å². The predicted molar refractivity (Wildman–Crippen MR) is 24.6 cm³/mol. The van der Waals surface area contributed by atoms with Gasteiger partial charge in [-0.2, -0.15) is 0 Å². The Bertz CT molecular complexity index is 50.7. The molecular weight excluding hydrogens is 127 g/mol. The first-order valence-corrected chi connectivity index (χ1v) is 2.77. The average Bonchev–Trinajstić information content (AvgIpc) is 1.30. The van der Waals surface area contributed by atoms with Crippen LogP contribution in [0.1, 0.15) is 19.3 Å². The molecule has 0 amide bonds. The third-order valence-corrected chi connectivity index (χ3v) is 1.77. The topological polar surface area (TPSA) is 0 Å². The molecule has 0 unspecified atom stereocenters. The second-order valence-corrected chi connectivity index (χ2v) is 2.60. The van der Waals surface area contributed by atoms with Gasteiger partial charge in [0.05, 0.1) is 0 Å². The molecule has 1 fully saturated rings. The van der Waals surface area contributed by atoms with Crippen molar-refractivity contribution in [3.63, 3.8) is 0 Å². The van der Waals surface area contributed by atoms with E-state index < -0.39 is 0 Å². The van der Waals surface area contributed by atoms with Gasteiger partial charge >= 0.3 is 39.3 Å². The summed E-state index contributed by atoms with van der Waals surface area (Å²) in [5, 5.41) is 0. The van der Waals surface area contributed by atoms with Gasteiger partial charge in [-0.1, -0.05) is 0 Å². The van der Waals surface area contributed by atoms with Crippen LogP contribution in [0.5, 0.6) is 0 Å². The van der Waals surface area contributed by atoms with E-state index in [9.17, 15) is 0 Å². The fourth-order valence-corrected chi connectivity index (χ4v) is 0.927. The molecular formula is C4H6Se. The molecule has 0 aromatic heterocycles. The Morgan fingerprint density at radius 3 is 1.80 bits per heavy atom. The molecule has 0 N–H and O–H groups in total. The van der Waals surface area contributed by atoms with Gasteiger partial charge in [0.15, 0.2) is 0 Å². The summed E-state index contributed by atoms with van der Waals surface area (Å²) in [4.78, 5) is 0. The van der Waals surface area contributed by atoms with E-state index in [0.717, 1.165) is 0 Å². The van der Waals surface area contributed by atoms with Crippen LogP contribution in [0.15, 0.2) is 0 Å². The van der Waals surface area contributed by atoms with Crippen LogP contribution in [-0.4, -0.2) is 20.0 Å². The Morgan fingerprint density at radius 2 is 1.80 bits per heavy atom. The molecule has 0 nitrogen and oxygen atoms in total. The van der Waals surface area contributed by atoms with Gasteiger partial charge in [-0.15, -0.1) is 0 Å². The normalized spacial score (nSPS) is 22.0. The molecule has 1 rings (SSSR count). The molecule has 0 radical (unpaired) electrons. The second-order valence-electron chi connectivity index (χ2n) is 1.39. The first-order chi connectivity index (χ1) is 2.39. The summed E-state index contributed by atoms with van der Waals surface area (Å²) in [5.74, 6) is 0. The quantitative estimate of drug-likeness (QED) is 0.422. The number of hydrogen-bond acceptors (Lipinski definition) is 0. The third-order valence-electron chi connectivity index (χ3n) is 0.911. The Labute approximate surface area is 39.9 Å². The van der Waals surface area contributed by atoms with Crippen molar-refractivity contribution >= 4 is 20.0 Å². The Balaban J connectivity index is 2.32. The summed E-state index contributed by atoms with van der Waals surface area (Å²) in [6, 6.07) is 0. The van der Waals surface area contributed by atoms with Gasteiger partial charge in [0.1, 0.15) is 0 Å². The van der Waals surface area contributed by atoms with Crippen LogP contribution >= 0.6 is 0 Å². The van der Waals surface area contributed by atoms with Gasteiger partial charge in [-0.25, -0.2) is 0 Å². The van der Waals surface area contributed by atoms with Crippen molar-refractivity contribution in [3.8, 4) is 0 Å². The zero-order valence-electron chi connectivity index (χ0n) is 3.03. The average molecular weight is 133 g/mol. The fraction of sp³-hybridized carbons (Fsp3) is 0.750. The summed E-state index contributed by atoms with van der Waals surface area (Å²) in [6.07, 6.45) is 4.11. The maximum atomic E-state index is 2.99. The van der Waals surface area contributed by atoms with E-state index in [4.69, 9.17) is 0 Å². The van der Waals surface area contributed by atoms with E-state index in [0.29, 0.717) is 0 Å². The van der Waals surface area contributed by atoms with E-state index in [1.165, 1.54) is 19.3 Å². The summed E-state index contributed by atoms with van der Waals surface area (Å²) in [7, 11) is 0. The van der Waals surface area contributed by atoms with Crippen LogP contribution in [0, 0.1) is 0 Å². The second kappa shape index (κ2) is 1.24. The van der Waals surface area contributed by atoms with Crippen molar-refractivity contribution in [2.45, 2.75) is 19.3 Å².